The van der Waals surface area contributed by atoms with E-state index in [9.17, 15) is 9.59 Å². The molecule has 10 heavy (non-hydrogen) atoms. The summed E-state index contributed by atoms with van der Waals surface area (Å²) in [4.78, 5) is 20.4. The minimum Gasteiger partial charge on any atom is -0.355 e. The molecule has 0 aliphatic heterocycles. The zero-order valence-corrected chi connectivity index (χ0v) is 5.80. The molecule has 0 fully saturated rings. The van der Waals surface area contributed by atoms with Crippen molar-refractivity contribution < 1.29 is 9.59 Å². The van der Waals surface area contributed by atoms with Crippen molar-refractivity contribution in [3.05, 3.63) is 0 Å². The molecule has 4 nitrogen and oxygen atoms in total. The maximum Gasteiger partial charge on any atom is 0.220 e. The van der Waals surface area contributed by atoms with E-state index in [0.717, 1.165) is 6.29 Å². The van der Waals surface area contributed by atoms with E-state index in [4.69, 9.17) is 5.73 Å². The van der Waals surface area contributed by atoms with E-state index in [-0.39, 0.29) is 18.7 Å². The Balaban J connectivity index is 3.16. The lowest BCUT2D eigenvalue weighted by molar-refractivity contribution is -0.122. The van der Waals surface area contributed by atoms with Gasteiger partial charge < -0.3 is 15.8 Å². The number of nitrogens with one attached hydrogen (secondary N) is 1. The molecule has 0 heterocycles. The lowest BCUT2D eigenvalue weighted by Gasteiger charge is -1.99. The first kappa shape index (κ1) is 9.10. The second kappa shape index (κ2) is 6.22. The molecule has 0 aliphatic carbocycles. The van der Waals surface area contributed by atoms with Crippen LogP contribution in [-0.2, 0) is 9.59 Å². The highest BCUT2D eigenvalue weighted by molar-refractivity contribution is 5.77. The molecule has 0 atom stereocenters. The molecule has 0 saturated carbocycles. The predicted octanol–water partition coefficient (Wildman–Crippen LogP) is -0.960. The molecule has 0 unspecified atom stereocenters. The van der Waals surface area contributed by atoms with Crippen molar-refractivity contribution in [2.75, 3.05) is 13.1 Å². The zero-order chi connectivity index (χ0) is 7.82. The van der Waals surface area contributed by atoms with Gasteiger partial charge in [0, 0.05) is 25.9 Å². The first-order chi connectivity index (χ1) is 4.81. The summed E-state index contributed by atoms with van der Waals surface area (Å²) in [5, 5.41) is 2.54. The molecule has 1 amide bonds. The van der Waals surface area contributed by atoms with E-state index in [1.165, 1.54) is 0 Å². The van der Waals surface area contributed by atoms with Gasteiger partial charge in [-0.3, -0.25) is 4.79 Å². The van der Waals surface area contributed by atoms with Crippen LogP contribution in [0.5, 0.6) is 0 Å². The Hall–Kier alpha value is -0.900. The fraction of sp³-hybridized carbons (Fsp3) is 0.667. The maximum atomic E-state index is 10.6. The largest absolute Gasteiger partial charge is 0.355 e. The van der Waals surface area contributed by atoms with Crippen molar-refractivity contribution in [2.24, 2.45) is 5.73 Å². The maximum absolute atomic E-state index is 10.6. The molecule has 0 aromatic rings. The van der Waals surface area contributed by atoms with Crippen LogP contribution in [0.2, 0.25) is 0 Å². The quantitative estimate of drug-likeness (QED) is 0.488. The molecule has 0 rings (SSSR count). The van der Waals surface area contributed by atoms with Crippen LogP contribution in [0.1, 0.15) is 12.8 Å². The van der Waals surface area contributed by atoms with E-state index in [1.807, 2.05) is 0 Å². The summed E-state index contributed by atoms with van der Waals surface area (Å²) in [7, 11) is 0. The standard InChI is InChI=1S/C6H12N2O2/c7-3-4-8-6(10)2-1-5-9/h5H,1-4,7H2,(H,8,10). The molecule has 0 bridgehead atoms. The van der Waals surface area contributed by atoms with E-state index >= 15 is 0 Å². The number of carbonyl (C=O) groups is 2. The molecule has 0 aromatic heterocycles. The number of carbonyl (C=O) groups excluding carboxylic acids is 2. The fourth-order valence-corrected chi connectivity index (χ4v) is 0.490. The van der Waals surface area contributed by atoms with Crippen LogP contribution in [0.3, 0.4) is 0 Å². The van der Waals surface area contributed by atoms with Gasteiger partial charge in [0.05, 0.1) is 0 Å². The van der Waals surface area contributed by atoms with Gasteiger partial charge in [0.15, 0.2) is 0 Å². The van der Waals surface area contributed by atoms with Crippen LogP contribution in [-0.4, -0.2) is 25.3 Å². The number of hydrogen-bond acceptors (Lipinski definition) is 3. The molecule has 0 saturated heterocycles. The van der Waals surface area contributed by atoms with Crippen LogP contribution < -0.4 is 11.1 Å². The number of amides is 1. The number of nitrogens with two attached hydrogens (primary N) is 1. The highest BCUT2D eigenvalue weighted by atomic mass is 16.1. The SMILES string of the molecule is NCCNC(=O)CCC=O. The van der Waals surface area contributed by atoms with E-state index in [2.05, 4.69) is 5.32 Å². The molecule has 0 aromatic carbocycles. The second-order valence-electron chi connectivity index (χ2n) is 1.84. The van der Waals surface area contributed by atoms with Gasteiger partial charge in [-0.2, -0.15) is 0 Å². The van der Waals surface area contributed by atoms with Gasteiger partial charge in [-0.05, 0) is 0 Å². The van der Waals surface area contributed by atoms with Crippen molar-refractivity contribution in [3.8, 4) is 0 Å². The van der Waals surface area contributed by atoms with Crippen LogP contribution in [0.4, 0.5) is 0 Å². The molecule has 0 aliphatic rings. The van der Waals surface area contributed by atoms with Crippen LogP contribution in [0.25, 0.3) is 0 Å². The minimum atomic E-state index is -0.113. The number of aldehydes is 1. The van der Waals surface area contributed by atoms with Crippen molar-refractivity contribution in [1.82, 2.24) is 5.32 Å². The minimum absolute atomic E-state index is 0.113. The second-order valence-corrected chi connectivity index (χ2v) is 1.84. The predicted molar refractivity (Wildman–Crippen MR) is 37.4 cm³/mol. The van der Waals surface area contributed by atoms with Gasteiger partial charge in [0.1, 0.15) is 6.29 Å². The zero-order valence-electron chi connectivity index (χ0n) is 5.80. The summed E-state index contributed by atoms with van der Waals surface area (Å²) in [5.74, 6) is -0.113. The van der Waals surface area contributed by atoms with Gasteiger partial charge in [0.2, 0.25) is 5.91 Å². The molecule has 4 heteroatoms. The van der Waals surface area contributed by atoms with Crippen LogP contribution >= 0.6 is 0 Å². The topological polar surface area (TPSA) is 72.2 Å². The Labute approximate surface area is 59.8 Å². The summed E-state index contributed by atoms with van der Waals surface area (Å²) < 4.78 is 0. The highest BCUT2D eigenvalue weighted by Crippen LogP contribution is 1.82. The van der Waals surface area contributed by atoms with Crippen LogP contribution in [0, 0.1) is 0 Å². The third-order valence-corrected chi connectivity index (χ3v) is 0.956. The smallest absolute Gasteiger partial charge is 0.220 e. The molecular formula is C6H12N2O2. The highest BCUT2D eigenvalue weighted by Gasteiger charge is 1.96. The lowest BCUT2D eigenvalue weighted by Crippen LogP contribution is -2.28. The third kappa shape index (κ3) is 5.24. The Morgan fingerprint density at radius 1 is 1.60 bits per heavy atom. The number of rotatable bonds is 5. The van der Waals surface area contributed by atoms with E-state index < -0.39 is 0 Å². The summed E-state index contributed by atoms with van der Waals surface area (Å²) in [6.45, 7) is 0.921. The molecular weight excluding hydrogens is 132 g/mol. The Kier molecular flexibility index (Phi) is 5.66. The molecule has 0 spiro atoms. The average Bonchev–Trinajstić information content (AvgIpc) is 1.97. The lowest BCUT2D eigenvalue weighted by atomic mass is 10.3. The van der Waals surface area contributed by atoms with E-state index in [0.29, 0.717) is 13.1 Å². The van der Waals surface area contributed by atoms with Gasteiger partial charge in [-0.15, -0.1) is 0 Å². The van der Waals surface area contributed by atoms with Gasteiger partial charge in [0.25, 0.3) is 0 Å². The first-order valence-corrected chi connectivity index (χ1v) is 3.21. The van der Waals surface area contributed by atoms with Gasteiger partial charge in [-0.1, -0.05) is 0 Å². The van der Waals surface area contributed by atoms with Crippen molar-refractivity contribution in [2.45, 2.75) is 12.8 Å². The molecule has 3 N–H and O–H groups in total. The summed E-state index contributed by atoms with van der Waals surface area (Å²) in [6, 6.07) is 0. The Morgan fingerprint density at radius 3 is 2.80 bits per heavy atom. The van der Waals surface area contributed by atoms with Crippen molar-refractivity contribution in [1.29, 1.82) is 0 Å². The molecule has 58 valence electrons. The fourth-order valence-electron chi connectivity index (χ4n) is 0.490. The number of hydrogen-bond donors (Lipinski definition) is 2. The third-order valence-electron chi connectivity index (χ3n) is 0.956. The monoisotopic (exact) mass is 144 g/mol. The molecule has 0 radical (unpaired) electrons. The Morgan fingerprint density at radius 2 is 2.30 bits per heavy atom. The Bertz CT molecular complexity index is 114. The summed E-state index contributed by atoms with van der Waals surface area (Å²) in [5.41, 5.74) is 5.12. The van der Waals surface area contributed by atoms with Gasteiger partial charge >= 0.3 is 0 Å². The van der Waals surface area contributed by atoms with Crippen molar-refractivity contribution >= 4 is 12.2 Å². The first-order valence-electron chi connectivity index (χ1n) is 3.21. The van der Waals surface area contributed by atoms with Crippen LogP contribution in [0.15, 0.2) is 0 Å². The van der Waals surface area contributed by atoms with Gasteiger partial charge in [-0.25, -0.2) is 0 Å². The van der Waals surface area contributed by atoms with E-state index in [1.54, 1.807) is 0 Å². The normalized spacial score (nSPS) is 8.90. The van der Waals surface area contributed by atoms with Crippen molar-refractivity contribution in [3.63, 3.8) is 0 Å². The summed E-state index contributed by atoms with van der Waals surface area (Å²) >= 11 is 0. The summed E-state index contributed by atoms with van der Waals surface area (Å²) in [6.07, 6.45) is 1.28. The average molecular weight is 144 g/mol.